The van der Waals surface area contributed by atoms with Crippen molar-refractivity contribution in [3.63, 3.8) is 0 Å². The van der Waals surface area contributed by atoms with Crippen LogP contribution in [-0.2, 0) is 21.2 Å². The number of nitrogens with one attached hydrogen (secondary N) is 2. The van der Waals surface area contributed by atoms with Crippen molar-refractivity contribution in [1.82, 2.24) is 14.6 Å². The highest BCUT2D eigenvalue weighted by atomic mass is 32.2. The van der Waals surface area contributed by atoms with Gasteiger partial charge in [0.05, 0.1) is 12.7 Å². The van der Waals surface area contributed by atoms with E-state index in [0.29, 0.717) is 25.6 Å². The van der Waals surface area contributed by atoms with E-state index in [1.165, 1.54) is 10.6 Å². The van der Waals surface area contributed by atoms with Gasteiger partial charge in [0.25, 0.3) is 0 Å². The molecule has 1 aromatic heterocycles. The van der Waals surface area contributed by atoms with Crippen LogP contribution in [0.4, 0.5) is 0 Å². The SMILES string of the molecule is CC(C)CCN(CCNC(=O)Cc1c[nH]c2ccccc12)S(C)(=O)=O. The third-order valence-corrected chi connectivity index (χ3v) is 5.44. The van der Waals surface area contributed by atoms with Crippen molar-refractivity contribution >= 4 is 26.8 Å². The summed E-state index contributed by atoms with van der Waals surface area (Å²) in [4.78, 5) is 15.3. The first-order chi connectivity index (χ1) is 11.8. The van der Waals surface area contributed by atoms with Gasteiger partial charge in [-0.3, -0.25) is 4.79 Å². The molecule has 1 heterocycles. The zero-order chi connectivity index (χ0) is 18.4. The van der Waals surface area contributed by atoms with E-state index in [0.717, 1.165) is 22.9 Å². The minimum Gasteiger partial charge on any atom is -0.361 e. The van der Waals surface area contributed by atoms with Gasteiger partial charge in [-0.2, -0.15) is 0 Å². The van der Waals surface area contributed by atoms with E-state index < -0.39 is 10.0 Å². The highest BCUT2D eigenvalue weighted by molar-refractivity contribution is 7.88. The van der Waals surface area contributed by atoms with Crippen molar-refractivity contribution in [3.05, 3.63) is 36.0 Å². The van der Waals surface area contributed by atoms with Gasteiger partial charge in [0, 0.05) is 36.7 Å². The maximum Gasteiger partial charge on any atom is 0.224 e. The Labute approximate surface area is 149 Å². The van der Waals surface area contributed by atoms with Gasteiger partial charge in [0.2, 0.25) is 15.9 Å². The Balaban J connectivity index is 1.86. The normalized spacial score (nSPS) is 12.2. The van der Waals surface area contributed by atoms with Gasteiger partial charge < -0.3 is 10.3 Å². The Morgan fingerprint density at radius 2 is 1.96 bits per heavy atom. The summed E-state index contributed by atoms with van der Waals surface area (Å²) in [7, 11) is -3.26. The molecule has 0 aliphatic heterocycles. The summed E-state index contributed by atoms with van der Waals surface area (Å²) >= 11 is 0. The van der Waals surface area contributed by atoms with Crippen molar-refractivity contribution in [2.45, 2.75) is 26.7 Å². The van der Waals surface area contributed by atoms with Crippen LogP contribution >= 0.6 is 0 Å². The molecule has 0 saturated heterocycles. The number of hydrogen-bond acceptors (Lipinski definition) is 3. The standard InChI is InChI=1S/C18H27N3O3S/c1-14(2)8-10-21(25(3,23)24)11-9-19-18(22)12-15-13-20-17-7-5-4-6-16(15)17/h4-7,13-14,20H,8-12H2,1-3H3,(H,19,22). The van der Waals surface area contributed by atoms with Gasteiger partial charge in [-0.25, -0.2) is 12.7 Å². The van der Waals surface area contributed by atoms with Crippen LogP contribution in [0.3, 0.4) is 0 Å². The van der Waals surface area contributed by atoms with Gasteiger partial charge in [-0.05, 0) is 24.0 Å². The number of nitrogens with zero attached hydrogens (tertiary/aromatic N) is 1. The van der Waals surface area contributed by atoms with Gasteiger partial charge in [-0.15, -0.1) is 0 Å². The van der Waals surface area contributed by atoms with E-state index in [1.54, 1.807) is 0 Å². The Hall–Kier alpha value is -1.86. The molecule has 0 bridgehead atoms. The van der Waals surface area contributed by atoms with Crippen LogP contribution < -0.4 is 5.32 Å². The Kier molecular flexibility index (Phi) is 6.61. The molecular formula is C18H27N3O3S. The second-order valence-corrected chi connectivity index (χ2v) is 8.71. The number of H-pyrrole nitrogens is 1. The lowest BCUT2D eigenvalue weighted by molar-refractivity contribution is -0.120. The molecule has 2 rings (SSSR count). The number of carbonyl (C=O) groups is 1. The van der Waals surface area contributed by atoms with Crippen LogP contribution in [-0.4, -0.2) is 49.5 Å². The number of hydrogen-bond donors (Lipinski definition) is 2. The molecule has 1 amide bonds. The summed E-state index contributed by atoms with van der Waals surface area (Å²) < 4.78 is 25.1. The van der Waals surface area contributed by atoms with Crippen LogP contribution in [0.25, 0.3) is 10.9 Å². The van der Waals surface area contributed by atoms with Crippen LogP contribution in [0.1, 0.15) is 25.8 Å². The van der Waals surface area contributed by atoms with E-state index >= 15 is 0 Å². The molecule has 0 aliphatic rings. The molecule has 25 heavy (non-hydrogen) atoms. The van der Waals surface area contributed by atoms with Gasteiger partial charge in [0.1, 0.15) is 0 Å². The van der Waals surface area contributed by atoms with Crippen molar-refractivity contribution in [3.8, 4) is 0 Å². The average molecular weight is 365 g/mol. The number of rotatable bonds is 9. The zero-order valence-corrected chi connectivity index (χ0v) is 15.9. The summed E-state index contributed by atoms with van der Waals surface area (Å²) in [6.07, 6.45) is 4.13. The molecule has 0 unspecified atom stereocenters. The maximum atomic E-state index is 12.2. The summed E-state index contributed by atoms with van der Waals surface area (Å²) in [6.45, 7) is 5.21. The molecule has 2 N–H and O–H groups in total. The third kappa shape index (κ3) is 5.86. The molecule has 2 aromatic rings. The third-order valence-electron chi connectivity index (χ3n) is 4.13. The average Bonchev–Trinajstić information content (AvgIpc) is 2.92. The number of aromatic amines is 1. The highest BCUT2D eigenvalue weighted by Crippen LogP contribution is 2.17. The second kappa shape index (κ2) is 8.49. The molecule has 0 fully saturated rings. The predicted molar refractivity (Wildman–Crippen MR) is 101 cm³/mol. The van der Waals surface area contributed by atoms with Crippen LogP contribution in [0.15, 0.2) is 30.5 Å². The first-order valence-corrected chi connectivity index (χ1v) is 10.4. The number of amides is 1. The minimum absolute atomic E-state index is 0.109. The highest BCUT2D eigenvalue weighted by Gasteiger charge is 2.17. The largest absolute Gasteiger partial charge is 0.361 e. The quantitative estimate of drug-likeness (QED) is 0.714. The molecular weight excluding hydrogens is 338 g/mol. The molecule has 0 spiro atoms. The summed E-state index contributed by atoms with van der Waals surface area (Å²) in [5, 5.41) is 3.85. The lowest BCUT2D eigenvalue weighted by Crippen LogP contribution is -2.39. The Morgan fingerprint density at radius 3 is 2.64 bits per heavy atom. The first-order valence-electron chi connectivity index (χ1n) is 8.54. The summed E-state index contributed by atoms with van der Waals surface area (Å²) in [6, 6.07) is 7.83. The number of aromatic nitrogens is 1. The summed E-state index contributed by atoms with van der Waals surface area (Å²) in [5.74, 6) is 0.322. The molecule has 1 aromatic carbocycles. The fourth-order valence-electron chi connectivity index (χ4n) is 2.68. The topological polar surface area (TPSA) is 82.3 Å². The lowest BCUT2D eigenvalue weighted by atomic mass is 10.1. The number of sulfonamides is 1. The van der Waals surface area contributed by atoms with Crippen LogP contribution in [0, 0.1) is 5.92 Å². The number of fused-ring (bicyclic) bond motifs is 1. The lowest BCUT2D eigenvalue weighted by Gasteiger charge is -2.21. The molecule has 7 heteroatoms. The van der Waals surface area contributed by atoms with Crippen molar-refractivity contribution in [2.24, 2.45) is 5.92 Å². The van der Waals surface area contributed by atoms with Crippen molar-refractivity contribution in [1.29, 1.82) is 0 Å². The molecule has 0 aliphatic carbocycles. The van der Waals surface area contributed by atoms with E-state index in [4.69, 9.17) is 0 Å². The molecule has 0 radical (unpaired) electrons. The smallest absolute Gasteiger partial charge is 0.224 e. The predicted octanol–water partition coefficient (Wildman–Crippen LogP) is 2.13. The minimum atomic E-state index is -3.26. The van der Waals surface area contributed by atoms with Crippen molar-refractivity contribution < 1.29 is 13.2 Å². The van der Waals surface area contributed by atoms with E-state index in [9.17, 15) is 13.2 Å². The Morgan fingerprint density at radius 1 is 1.24 bits per heavy atom. The molecule has 138 valence electrons. The first kappa shape index (κ1) is 19.5. The van der Waals surface area contributed by atoms with Gasteiger partial charge in [0.15, 0.2) is 0 Å². The van der Waals surface area contributed by atoms with E-state index in [-0.39, 0.29) is 12.3 Å². The van der Waals surface area contributed by atoms with E-state index in [2.05, 4.69) is 24.1 Å². The molecule has 6 nitrogen and oxygen atoms in total. The van der Waals surface area contributed by atoms with E-state index in [1.807, 2.05) is 30.5 Å². The maximum absolute atomic E-state index is 12.2. The molecule has 0 saturated carbocycles. The fraction of sp³-hybridized carbons (Fsp3) is 0.500. The zero-order valence-electron chi connectivity index (χ0n) is 15.1. The van der Waals surface area contributed by atoms with Gasteiger partial charge in [-0.1, -0.05) is 32.0 Å². The molecule has 0 atom stereocenters. The summed E-state index contributed by atoms with van der Waals surface area (Å²) in [5.41, 5.74) is 1.94. The fourth-order valence-corrected chi connectivity index (χ4v) is 3.54. The number of para-hydroxylation sites is 1. The monoisotopic (exact) mass is 365 g/mol. The number of benzene rings is 1. The van der Waals surface area contributed by atoms with Gasteiger partial charge >= 0.3 is 0 Å². The van der Waals surface area contributed by atoms with Crippen LogP contribution in [0.5, 0.6) is 0 Å². The Bertz CT molecular complexity index is 812. The van der Waals surface area contributed by atoms with Crippen LogP contribution in [0.2, 0.25) is 0 Å². The second-order valence-electron chi connectivity index (χ2n) is 6.73. The number of carbonyl (C=O) groups excluding carboxylic acids is 1. The van der Waals surface area contributed by atoms with Crippen molar-refractivity contribution in [2.75, 3.05) is 25.9 Å².